The molecule has 1 aliphatic rings. The molecule has 1 heterocycles. The van der Waals surface area contributed by atoms with E-state index >= 15 is 0 Å². The number of hydrogen-bond donors (Lipinski definition) is 2. The van der Waals surface area contributed by atoms with Crippen molar-refractivity contribution in [1.82, 2.24) is 10.3 Å². The number of carbonyl (C=O) groups excluding carboxylic acids is 1. The van der Waals surface area contributed by atoms with Crippen molar-refractivity contribution in [3.05, 3.63) is 29.6 Å². The number of nitrogens with zero attached hydrogens (tertiary/aromatic N) is 1. The van der Waals surface area contributed by atoms with Gasteiger partial charge in [-0.25, -0.2) is 4.98 Å². The van der Waals surface area contributed by atoms with Crippen LogP contribution in [0.15, 0.2) is 18.2 Å². The van der Waals surface area contributed by atoms with E-state index in [-0.39, 0.29) is 11.4 Å². The van der Waals surface area contributed by atoms with Gasteiger partial charge in [0, 0.05) is 17.8 Å². The van der Waals surface area contributed by atoms with Gasteiger partial charge < -0.3 is 11.1 Å². The van der Waals surface area contributed by atoms with Crippen molar-refractivity contribution in [3.8, 4) is 0 Å². The lowest BCUT2D eigenvalue weighted by molar-refractivity contribution is 0.0924. The Morgan fingerprint density at radius 2 is 2.31 bits per heavy atom. The Kier molecular flexibility index (Phi) is 2.92. The number of aryl methyl sites for hydroxylation is 1. The predicted octanol–water partition coefficient (Wildman–Crippen LogP) is 1.00. The third kappa shape index (κ3) is 2.39. The average molecular weight is 219 g/mol. The van der Waals surface area contributed by atoms with E-state index in [1.54, 1.807) is 6.07 Å². The normalized spacial score (nSPS) is 17.6. The fraction of sp³-hybridized carbons (Fsp3) is 0.500. The monoisotopic (exact) mass is 219 g/mol. The van der Waals surface area contributed by atoms with Gasteiger partial charge >= 0.3 is 0 Å². The number of amides is 1. The van der Waals surface area contributed by atoms with Crippen LogP contribution in [0.2, 0.25) is 0 Å². The number of nitrogens with two attached hydrogens (primary N) is 1. The molecule has 0 aliphatic heterocycles. The van der Waals surface area contributed by atoms with E-state index < -0.39 is 0 Å². The van der Waals surface area contributed by atoms with Gasteiger partial charge in [0.15, 0.2) is 0 Å². The average Bonchev–Trinajstić information content (AvgIpc) is 2.23. The number of hydrogen-bond acceptors (Lipinski definition) is 3. The van der Waals surface area contributed by atoms with Crippen LogP contribution in [0.3, 0.4) is 0 Å². The predicted molar refractivity (Wildman–Crippen MR) is 62.1 cm³/mol. The first-order chi connectivity index (χ1) is 7.59. The summed E-state index contributed by atoms with van der Waals surface area (Å²) in [6.45, 7) is 2.41. The zero-order chi connectivity index (χ0) is 11.6. The first kappa shape index (κ1) is 11.1. The standard InChI is InChI=1S/C12H17N3O/c1-9-4-2-5-10(15-9)11(16)14-8-12(13)6-3-7-12/h2,4-5H,3,6-8,13H2,1H3,(H,14,16). The molecule has 1 amide bonds. The summed E-state index contributed by atoms with van der Waals surface area (Å²) in [6.07, 6.45) is 3.15. The van der Waals surface area contributed by atoms with E-state index in [4.69, 9.17) is 5.73 Å². The third-order valence-corrected chi connectivity index (χ3v) is 3.07. The Hall–Kier alpha value is -1.42. The topological polar surface area (TPSA) is 68.0 Å². The summed E-state index contributed by atoms with van der Waals surface area (Å²) in [5.74, 6) is -0.138. The third-order valence-electron chi connectivity index (χ3n) is 3.07. The number of nitrogens with one attached hydrogen (secondary N) is 1. The van der Waals surface area contributed by atoms with Crippen LogP contribution >= 0.6 is 0 Å². The molecular formula is C12H17N3O. The molecule has 0 bridgehead atoms. The highest BCUT2D eigenvalue weighted by Gasteiger charge is 2.32. The van der Waals surface area contributed by atoms with Crippen LogP contribution in [-0.2, 0) is 0 Å². The molecule has 1 aromatic rings. The highest BCUT2D eigenvalue weighted by Crippen LogP contribution is 2.28. The van der Waals surface area contributed by atoms with Crippen molar-refractivity contribution in [3.63, 3.8) is 0 Å². The smallest absolute Gasteiger partial charge is 0.269 e. The number of pyridine rings is 1. The van der Waals surface area contributed by atoms with Crippen LogP contribution < -0.4 is 11.1 Å². The molecule has 0 saturated heterocycles. The first-order valence-corrected chi connectivity index (χ1v) is 5.60. The largest absolute Gasteiger partial charge is 0.349 e. The molecule has 1 saturated carbocycles. The molecule has 86 valence electrons. The van der Waals surface area contributed by atoms with Crippen molar-refractivity contribution in [2.24, 2.45) is 5.73 Å². The second-order valence-corrected chi connectivity index (χ2v) is 4.56. The van der Waals surface area contributed by atoms with Crippen LogP contribution in [0.5, 0.6) is 0 Å². The minimum Gasteiger partial charge on any atom is -0.349 e. The van der Waals surface area contributed by atoms with Gasteiger partial charge in [0.25, 0.3) is 5.91 Å². The van der Waals surface area contributed by atoms with E-state index in [9.17, 15) is 4.79 Å². The van der Waals surface area contributed by atoms with E-state index in [0.29, 0.717) is 12.2 Å². The summed E-state index contributed by atoms with van der Waals surface area (Å²) in [7, 11) is 0. The van der Waals surface area contributed by atoms with Crippen molar-refractivity contribution < 1.29 is 4.79 Å². The lowest BCUT2D eigenvalue weighted by Crippen LogP contribution is -2.55. The van der Waals surface area contributed by atoms with Crippen LogP contribution in [0.4, 0.5) is 0 Å². The quantitative estimate of drug-likeness (QED) is 0.797. The van der Waals surface area contributed by atoms with Gasteiger partial charge in [-0.15, -0.1) is 0 Å². The maximum Gasteiger partial charge on any atom is 0.269 e. The minimum atomic E-state index is -0.181. The fourth-order valence-corrected chi connectivity index (χ4v) is 1.82. The summed E-state index contributed by atoms with van der Waals surface area (Å²) in [5, 5.41) is 2.84. The minimum absolute atomic E-state index is 0.138. The lowest BCUT2D eigenvalue weighted by Gasteiger charge is -2.38. The van der Waals surface area contributed by atoms with Crippen LogP contribution in [0.1, 0.15) is 35.4 Å². The second-order valence-electron chi connectivity index (χ2n) is 4.56. The summed E-state index contributed by atoms with van der Waals surface area (Å²) in [5.41, 5.74) is 7.15. The van der Waals surface area contributed by atoms with Gasteiger partial charge in [0.1, 0.15) is 5.69 Å². The van der Waals surface area contributed by atoms with E-state index in [1.165, 1.54) is 0 Å². The van der Waals surface area contributed by atoms with Gasteiger partial charge in [0.05, 0.1) is 0 Å². The molecule has 0 radical (unpaired) electrons. The first-order valence-electron chi connectivity index (χ1n) is 5.60. The lowest BCUT2D eigenvalue weighted by atomic mass is 9.78. The highest BCUT2D eigenvalue weighted by atomic mass is 16.1. The molecule has 0 aromatic carbocycles. The maximum absolute atomic E-state index is 11.8. The molecule has 1 aromatic heterocycles. The van der Waals surface area contributed by atoms with Gasteiger partial charge in [-0.05, 0) is 38.3 Å². The van der Waals surface area contributed by atoms with Crippen molar-refractivity contribution >= 4 is 5.91 Å². The Morgan fingerprint density at radius 3 is 2.88 bits per heavy atom. The van der Waals surface area contributed by atoms with Gasteiger partial charge in [0.2, 0.25) is 0 Å². The molecule has 4 nitrogen and oxygen atoms in total. The van der Waals surface area contributed by atoms with Gasteiger partial charge in [-0.2, -0.15) is 0 Å². The summed E-state index contributed by atoms with van der Waals surface area (Å²) >= 11 is 0. The number of aromatic nitrogens is 1. The van der Waals surface area contributed by atoms with Gasteiger partial charge in [-0.3, -0.25) is 4.79 Å². The molecule has 1 fully saturated rings. The Morgan fingerprint density at radius 1 is 1.56 bits per heavy atom. The zero-order valence-electron chi connectivity index (χ0n) is 9.49. The fourth-order valence-electron chi connectivity index (χ4n) is 1.82. The summed E-state index contributed by atoms with van der Waals surface area (Å²) in [6, 6.07) is 5.41. The van der Waals surface area contributed by atoms with Gasteiger partial charge in [-0.1, -0.05) is 6.07 Å². The molecule has 16 heavy (non-hydrogen) atoms. The maximum atomic E-state index is 11.8. The molecule has 3 N–H and O–H groups in total. The Bertz CT molecular complexity index is 399. The molecule has 0 spiro atoms. The molecule has 2 rings (SSSR count). The van der Waals surface area contributed by atoms with Crippen molar-refractivity contribution in [1.29, 1.82) is 0 Å². The summed E-state index contributed by atoms with van der Waals surface area (Å²) in [4.78, 5) is 15.9. The van der Waals surface area contributed by atoms with E-state index in [2.05, 4.69) is 10.3 Å². The van der Waals surface area contributed by atoms with Crippen LogP contribution in [0.25, 0.3) is 0 Å². The van der Waals surface area contributed by atoms with Crippen LogP contribution in [0, 0.1) is 6.92 Å². The van der Waals surface area contributed by atoms with Crippen LogP contribution in [-0.4, -0.2) is 23.0 Å². The van der Waals surface area contributed by atoms with Crippen molar-refractivity contribution in [2.45, 2.75) is 31.7 Å². The number of carbonyl (C=O) groups is 1. The Balaban J connectivity index is 1.93. The molecule has 0 atom stereocenters. The van der Waals surface area contributed by atoms with Crippen molar-refractivity contribution in [2.75, 3.05) is 6.54 Å². The Labute approximate surface area is 95.3 Å². The second kappa shape index (κ2) is 4.22. The van der Waals surface area contributed by atoms with E-state index in [1.807, 2.05) is 19.1 Å². The molecule has 1 aliphatic carbocycles. The highest BCUT2D eigenvalue weighted by molar-refractivity contribution is 5.92. The molecular weight excluding hydrogens is 202 g/mol. The summed E-state index contributed by atoms with van der Waals surface area (Å²) < 4.78 is 0. The van der Waals surface area contributed by atoms with E-state index in [0.717, 1.165) is 25.0 Å². The molecule has 0 unspecified atom stereocenters. The SMILES string of the molecule is Cc1cccc(C(=O)NCC2(N)CCC2)n1. The zero-order valence-corrected chi connectivity index (χ0v) is 9.49. The number of rotatable bonds is 3. The molecule has 4 heteroatoms.